The molecule has 0 fully saturated rings. The molecule has 0 saturated carbocycles. The van der Waals surface area contributed by atoms with Gasteiger partial charge in [-0.2, -0.15) is 0 Å². The van der Waals surface area contributed by atoms with E-state index >= 15 is 0 Å². The highest BCUT2D eigenvalue weighted by Crippen LogP contribution is 2.16. The van der Waals surface area contributed by atoms with E-state index < -0.39 is 0 Å². The molecule has 0 aromatic carbocycles. The van der Waals surface area contributed by atoms with Crippen molar-refractivity contribution in [2.24, 2.45) is 0 Å². The van der Waals surface area contributed by atoms with Crippen molar-refractivity contribution < 1.29 is 9.47 Å². The molecule has 3 nitrogen and oxygen atoms in total. The number of hydrogen-bond donors (Lipinski definition) is 1. The van der Waals surface area contributed by atoms with Crippen LogP contribution in [0.4, 0.5) is 0 Å². The van der Waals surface area contributed by atoms with Crippen LogP contribution >= 0.6 is 0 Å². The average Bonchev–Trinajstić information content (AvgIpc) is 2.18. The SMILES string of the molecule is CCCNCC(C)(CC)OC(C)COC. The number of methoxy groups -OCH3 is 1. The maximum absolute atomic E-state index is 5.99. The smallest absolute Gasteiger partial charge is 0.0788 e. The Kier molecular flexibility index (Phi) is 8.02. The Hall–Kier alpha value is -0.120. The molecule has 92 valence electrons. The van der Waals surface area contributed by atoms with Crippen LogP contribution in [0.5, 0.6) is 0 Å². The average molecular weight is 217 g/mol. The molecular formula is C12H27NO2. The molecule has 0 aromatic rings. The number of rotatable bonds is 9. The summed E-state index contributed by atoms with van der Waals surface area (Å²) in [7, 11) is 1.71. The lowest BCUT2D eigenvalue weighted by Gasteiger charge is -2.32. The minimum atomic E-state index is -0.0763. The Morgan fingerprint density at radius 3 is 2.47 bits per heavy atom. The van der Waals surface area contributed by atoms with Crippen LogP contribution in [-0.4, -0.2) is 38.5 Å². The Labute approximate surface area is 94.5 Å². The van der Waals surface area contributed by atoms with Gasteiger partial charge in [-0.25, -0.2) is 0 Å². The molecule has 1 N–H and O–H groups in total. The highest BCUT2D eigenvalue weighted by molar-refractivity contribution is 4.77. The zero-order chi connectivity index (χ0) is 11.7. The molecule has 0 radical (unpaired) electrons. The van der Waals surface area contributed by atoms with Crippen molar-refractivity contribution in [3.63, 3.8) is 0 Å². The van der Waals surface area contributed by atoms with Crippen molar-refractivity contribution in [3.05, 3.63) is 0 Å². The third-order valence-corrected chi connectivity index (χ3v) is 2.56. The normalized spacial score (nSPS) is 17.4. The summed E-state index contributed by atoms with van der Waals surface area (Å²) in [5.41, 5.74) is -0.0763. The van der Waals surface area contributed by atoms with Crippen LogP contribution in [0.2, 0.25) is 0 Å². The maximum atomic E-state index is 5.99. The first-order chi connectivity index (χ1) is 7.08. The van der Waals surface area contributed by atoms with Crippen molar-refractivity contribution in [2.75, 3.05) is 26.8 Å². The minimum absolute atomic E-state index is 0.0763. The van der Waals surface area contributed by atoms with Crippen molar-refractivity contribution >= 4 is 0 Å². The fourth-order valence-corrected chi connectivity index (χ4v) is 1.53. The fraction of sp³-hybridized carbons (Fsp3) is 1.00. The molecule has 3 heteroatoms. The summed E-state index contributed by atoms with van der Waals surface area (Å²) < 4.78 is 11.1. The lowest BCUT2D eigenvalue weighted by atomic mass is 10.0. The van der Waals surface area contributed by atoms with Gasteiger partial charge in [0, 0.05) is 13.7 Å². The van der Waals surface area contributed by atoms with Gasteiger partial charge in [0.05, 0.1) is 18.3 Å². The third kappa shape index (κ3) is 6.88. The molecule has 0 bridgehead atoms. The second kappa shape index (κ2) is 8.08. The predicted octanol–water partition coefficient (Wildman–Crippen LogP) is 2.21. The molecular weight excluding hydrogens is 190 g/mol. The molecule has 15 heavy (non-hydrogen) atoms. The first-order valence-corrected chi connectivity index (χ1v) is 5.95. The van der Waals surface area contributed by atoms with Gasteiger partial charge < -0.3 is 14.8 Å². The fourth-order valence-electron chi connectivity index (χ4n) is 1.53. The first-order valence-electron chi connectivity index (χ1n) is 5.95. The third-order valence-electron chi connectivity index (χ3n) is 2.56. The molecule has 0 aliphatic carbocycles. The van der Waals surface area contributed by atoms with Crippen LogP contribution in [0.1, 0.15) is 40.5 Å². The Balaban J connectivity index is 3.94. The summed E-state index contributed by atoms with van der Waals surface area (Å²) in [6.07, 6.45) is 2.33. The van der Waals surface area contributed by atoms with Crippen molar-refractivity contribution in [2.45, 2.75) is 52.2 Å². The quantitative estimate of drug-likeness (QED) is 0.601. The van der Waals surface area contributed by atoms with Crippen LogP contribution in [0.25, 0.3) is 0 Å². The zero-order valence-electron chi connectivity index (χ0n) is 10.9. The zero-order valence-corrected chi connectivity index (χ0v) is 10.9. The van der Waals surface area contributed by atoms with Crippen LogP contribution in [0.15, 0.2) is 0 Å². The number of hydrogen-bond acceptors (Lipinski definition) is 3. The van der Waals surface area contributed by atoms with Crippen LogP contribution in [-0.2, 0) is 9.47 Å². The number of nitrogens with one attached hydrogen (secondary N) is 1. The summed E-state index contributed by atoms with van der Waals surface area (Å²) in [5.74, 6) is 0. The standard InChI is InChI=1S/C12H27NO2/c1-6-8-13-10-12(4,7-2)15-11(3)9-14-5/h11,13H,6-10H2,1-5H3. The van der Waals surface area contributed by atoms with Gasteiger partial charge in [0.25, 0.3) is 0 Å². The summed E-state index contributed by atoms with van der Waals surface area (Å²) in [6, 6.07) is 0. The van der Waals surface area contributed by atoms with Crippen molar-refractivity contribution in [1.82, 2.24) is 5.32 Å². The second-order valence-corrected chi connectivity index (χ2v) is 4.36. The van der Waals surface area contributed by atoms with E-state index in [9.17, 15) is 0 Å². The van der Waals surface area contributed by atoms with Gasteiger partial charge in [0.15, 0.2) is 0 Å². The Bertz CT molecular complexity index is 153. The van der Waals surface area contributed by atoms with Gasteiger partial charge in [-0.05, 0) is 33.2 Å². The number of ether oxygens (including phenoxy) is 2. The van der Waals surface area contributed by atoms with Crippen molar-refractivity contribution in [1.29, 1.82) is 0 Å². The minimum Gasteiger partial charge on any atom is -0.382 e. The molecule has 0 aliphatic rings. The molecule has 0 aliphatic heterocycles. The molecule has 0 rings (SSSR count). The Morgan fingerprint density at radius 1 is 1.33 bits per heavy atom. The molecule has 2 unspecified atom stereocenters. The van der Waals surface area contributed by atoms with Gasteiger partial charge in [0.2, 0.25) is 0 Å². The summed E-state index contributed by atoms with van der Waals surface area (Å²) in [6.45, 7) is 11.2. The topological polar surface area (TPSA) is 30.5 Å². The molecule has 0 amide bonds. The van der Waals surface area contributed by atoms with Crippen molar-refractivity contribution in [3.8, 4) is 0 Å². The molecule has 0 aromatic heterocycles. The summed E-state index contributed by atoms with van der Waals surface area (Å²) >= 11 is 0. The largest absolute Gasteiger partial charge is 0.382 e. The monoisotopic (exact) mass is 217 g/mol. The van der Waals surface area contributed by atoms with E-state index in [-0.39, 0.29) is 11.7 Å². The van der Waals surface area contributed by atoms with Crippen LogP contribution in [0.3, 0.4) is 0 Å². The highest BCUT2D eigenvalue weighted by atomic mass is 16.5. The highest BCUT2D eigenvalue weighted by Gasteiger charge is 2.24. The maximum Gasteiger partial charge on any atom is 0.0788 e. The summed E-state index contributed by atoms with van der Waals surface area (Å²) in [4.78, 5) is 0. The van der Waals surface area contributed by atoms with E-state index in [1.165, 1.54) is 0 Å². The summed E-state index contributed by atoms with van der Waals surface area (Å²) in [5, 5.41) is 3.41. The van der Waals surface area contributed by atoms with Gasteiger partial charge in [-0.3, -0.25) is 0 Å². The van der Waals surface area contributed by atoms with E-state index in [1.54, 1.807) is 7.11 Å². The van der Waals surface area contributed by atoms with E-state index in [2.05, 4.69) is 33.0 Å². The van der Waals surface area contributed by atoms with E-state index in [0.29, 0.717) is 6.61 Å². The van der Waals surface area contributed by atoms with Gasteiger partial charge in [0.1, 0.15) is 0 Å². The first kappa shape index (κ1) is 14.9. The molecule has 2 atom stereocenters. The second-order valence-electron chi connectivity index (χ2n) is 4.36. The molecule has 0 heterocycles. The Morgan fingerprint density at radius 2 is 2.00 bits per heavy atom. The lowest BCUT2D eigenvalue weighted by molar-refractivity contribution is -0.0976. The van der Waals surface area contributed by atoms with Gasteiger partial charge in [-0.15, -0.1) is 0 Å². The molecule has 0 spiro atoms. The van der Waals surface area contributed by atoms with E-state index in [0.717, 1.165) is 25.9 Å². The van der Waals surface area contributed by atoms with Gasteiger partial charge >= 0.3 is 0 Å². The molecule has 0 saturated heterocycles. The van der Waals surface area contributed by atoms with E-state index in [1.807, 2.05) is 0 Å². The predicted molar refractivity (Wildman–Crippen MR) is 64.3 cm³/mol. The van der Waals surface area contributed by atoms with Crippen LogP contribution in [0, 0.1) is 0 Å². The van der Waals surface area contributed by atoms with Gasteiger partial charge in [-0.1, -0.05) is 13.8 Å². The lowest BCUT2D eigenvalue weighted by Crippen LogP contribution is -2.43. The van der Waals surface area contributed by atoms with Crippen LogP contribution < -0.4 is 5.32 Å². The van der Waals surface area contributed by atoms with E-state index in [4.69, 9.17) is 9.47 Å².